The number of aliphatic hydroxyl groups is 1. The van der Waals surface area contributed by atoms with E-state index in [0.29, 0.717) is 12.0 Å². The van der Waals surface area contributed by atoms with Crippen molar-refractivity contribution in [3.8, 4) is 0 Å². The Hall–Kier alpha value is -2.23. The smallest absolute Gasteiger partial charge is 0.355 e. The Kier molecular flexibility index (Phi) is 4.40. The number of carboxylic acid groups (broad SMARTS) is 1. The van der Waals surface area contributed by atoms with Crippen LogP contribution in [-0.4, -0.2) is 40.9 Å². The van der Waals surface area contributed by atoms with E-state index in [1.807, 2.05) is 12.1 Å². The molecule has 0 spiro atoms. The van der Waals surface area contributed by atoms with E-state index in [1.54, 1.807) is 12.1 Å². The van der Waals surface area contributed by atoms with E-state index in [2.05, 4.69) is 9.82 Å². The van der Waals surface area contributed by atoms with Crippen molar-refractivity contribution in [1.29, 1.82) is 0 Å². The van der Waals surface area contributed by atoms with Gasteiger partial charge in [-0.05, 0) is 30.4 Å². The van der Waals surface area contributed by atoms with Crippen molar-refractivity contribution < 1.29 is 23.4 Å². The maximum absolute atomic E-state index is 12.5. The van der Waals surface area contributed by atoms with Crippen LogP contribution >= 0.6 is 0 Å². The molecule has 9 heteroatoms. The SMILES string of the molecule is Cn1ncc(S(=O)(=O)NCC2(O)CCCc3ccccc32)c1C(=O)O. The zero-order chi connectivity index (χ0) is 18.2. The van der Waals surface area contributed by atoms with Crippen LogP contribution in [0.3, 0.4) is 0 Å². The zero-order valence-corrected chi connectivity index (χ0v) is 14.5. The van der Waals surface area contributed by atoms with Crippen molar-refractivity contribution in [2.45, 2.75) is 29.8 Å². The van der Waals surface area contributed by atoms with Gasteiger partial charge in [-0.3, -0.25) is 4.68 Å². The first-order valence-electron chi connectivity index (χ1n) is 7.80. The monoisotopic (exact) mass is 365 g/mol. The number of nitrogens with zero attached hydrogens (tertiary/aromatic N) is 2. The summed E-state index contributed by atoms with van der Waals surface area (Å²) in [5.41, 5.74) is -0.0618. The molecule has 0 radical (unpaired) electrons. The molecular formula is C16H19N3O5S. The summed E-state index contributed by atoms with van der Waals surface area (Å²) in [5.74, 6) is -1.39. The fourth-order valence-corrected chi connectivity index (χ4v) is 4.48. The van der Waals surface area contributed by atoms with Gasteiger partial charge in [0.2, 0.25) is 10.0 Å². The van der Waals surface area contributed by atoms with Gasteiger partial charge in [-0.25, -0.2) is 17.9 Å². The summed E-state index contributed by atoms with van der Waals surface area (Å²) in [6.07, 6.45) is 2.98. The largest absolute Gasteiger partial charge is 0.476 e. The average molecular weight is 365 g/mol. The fourth-order valence-electron chi connectivity index (χ4n) is 3.23. The molecule has 1 heterocycles. The van der Waals surface area contributed by atoms with Crippen LogP contribution in [0, 0.1) is 0 Å². The van der Waals surface area contributed by atoms with Gasteiger partial charge < -0.3 is 10.2 Å². The van der Waals surface area contributed by atoms with Crippen LogP contribution in [0.1, 0.15) is 34.5 Å². The number of aromatic carboxylic acids is 1. The minimum atomic E-state index is -4.13. The molecule has 1 aromatic carbocycles. The number of aromatic nitrogens is 2. The molecule has 0 bridgehead atoms. The number of rotatable bonds is 5. The quantitative estimate of drug-likeness (QED) is 0.714. The van der Waals surface area contributed by atoms with Gasteiger partial charge in [-0.1, -0.05) is 24.3 Å². The highest BCUT2D eigenvalue weighted by atomic mass is 32.2. The Morgan fingerprint density at radius 3 is 2.84 bits per heavy atom. The van der Waals surface area contributed by atoms with Crippen LogP contribution in [0.25, 0.3) is 0 Å². The third kappa shape index (κ3) is 3.17. The lowest BCUT2D eigenvalue weighted by molar-refractivity contribution is 0.0243. The molecule has 1 unspecified atom stereocenters. The van der Waals surface area contributed by atoms with Crippen molar-refractivity contribution in [1.82, 2.24) is 14.5 Å². The lowest BCUT2D eigenvalue weighted by Gasteiger charge is -2.34. The second-order valence-electron chi connectivity index (χ2n) is 6.15. The minimum Gasteiger partial charge on any atom is -0.476 e. The summed E-state index contributed by atoms with van der Waals surface area (Å²) in [6, 6.07) is 7.38. The standard InChI is InChI=1S/C16H19N3O5S/c1-19-14(15(20)21)13(9-17-19)25(23,24)18-10-16(22)8-4-6-11-5-2-3-7-12(11)16/h2-3,5,7,9,18,22H,4,6,8,10H2,1H3,(H,20,21). The molecule has 2 aromatic rings. The predicted octanol–water partition coefficient (Wildman–Crippen LogP) is 0.621. The molecular weight excluding hydrogens is 346 g/mol. The van der Waals surface area contributed by atoms with Crippen LogP contribution in [0.5, 0.6) is 0 Å². The summed E-state index contributed by atoms with van der Waals surface area (Å²) >= 11 is 0. The summed E-state index contributed by atoms with van der Waals surface area (Å²) in [4.78, 5) is 10.9. The lowest BCUT2D eigenvalue weighted by Crippen LogP contribution is -2.43. The number of sulfonamides is 1. The van der Waals surface area contributed by atoms with Crippen LogP contribution in [0.15, 0.2) is 35.4 Å². The maximum Gasteiger partial charge on any atom is 0.355 e. The first-order valence-corrected chi connectivity index (χ1v) is 9.29. The van der Waals surface area contributed by atoms with Crippen LogP contribution in [0.2, 0.25) is 0 Å². The van der Waals surface area contributed by atoms with E-state index >= 15 is 0 Å². The van der Waals surface area contributed by atoms with Gasteiger partial charge >= 0.3 is 5.97 Å². The lowest BCUT2D eigenvalue weighted by atomic mass is 9.79. The Bertz CT molecular complexity index is 922. The van der Waals surface area contributed by atoms with Gasteiger partial charge in [-0.2, -0.15) is 5.10 Å². The van der Waals surface area contributed by atoms with Crippen molar-refractivity contribution in [3.63, 3.8) is 0 Å². The van der Waals surface area contributed by atoms with E-state index in [0.717, 1.165) is 29.3 Å². The highest BCUT2D eigenvalue weighted by Crippen LogP contribution is 2.35. The molecule has 8 nitrogen and oxygen atoms in total. The van der Waals surface area contributed by atoms with Crippen LogP contribution in [0.4, 0.5) is 0 Å². The first kappa shape index (κ1) is 17.6. The molecule has 0 saturated heterocycles. The Balaban J connectivity index is 1.88. The molecule has 1 aromatic heterocycles. The van der Waals surface area contributed by atoms with Gasteiger partial charge in [0.15, 0.2) is 5.69 Å². The topological polar surface area (TPSA) is 122 Å². The van der Waals surface area contributed by atoms with E-state index in [9.17, 15) is 23.4 Å². The molecule has 0 saturated carbocycles. The third-order valence-corrected chi connectivity index (χ3v) is 5.91. The Morgan fingerprint density at radius 2 is 2.12 bits per heavy atom. The van der Waals surface area contributed by atoms with Gasteiger partial charge in [0.25, 0.3) is 0 Å². The van der Waals surface area contributed by atoms with E-state index in [4.69, 9.17) is 0 Å². The molecule has 134 valence electrons. The molecule has 0 amide bonds. The second-order valence-corrected chi connectivity index (χ2v) is 7.89. The molecule has 0 fully saturated rings. The van der Waals surface area contributed by atoms with Gasteiger partial charge in [0, 0.05) is 13.6 Å². The zero-order valence-electron chi connectivity index (χ0n) is 13.6. The summed E-state index contributed by atoms with van der Waals surface area (Å²) in [7, 11) is -2.77. The molecule has 3 N–H and O–H groups in total. The summed E-state index contributed by atoms with van der Waals surface area (Å²) in [5, 5.41) is 23.9. The number of hydrogen-bond donors (Lipinski definition) is 3. The molecule has 3 rings (SSSR count). The average Bonchev–Trinajstić information content (AvgIpc) is 2.97. The summed E-state index contributed by atoms with van der Waals surface area (Å²) in [6.45, 7) is -0.236. The van der Waals surface area contributed by atoms with Crippen molar-refractivity contribution >= 4 is 16.0 Å². The number of hydrogen-bond acceptors (Lipinski definition) is 5. The van der Waals surface area contributed by atoms with E-state index in [1.165, 1.54) is 7.05 Å². The van der Waals surface area contributed by atoms with E-state index < -0.39 is 32.2 Å². The highest BCUT2D eigenvalue weighted by molar-refractivity contribution is 7.89. The normalized spacial score (nSPS) is 20.2. The predicted molar refractivity (Wildman–Crippen MR) is 88.6 cm³/mol. The first-order chi connectivity index (χ1) is 11.7. The van der Waals surface area contributed by atoms with Crippen molar-refractivity contribution in [2.24, 2.45) is 7.05 Å². The maximum atomic E-state index is 12.5. The number of nitrogens with one attached hydrogen (secondary N) is 1. The highest BCUT2D eigenvalue weighted by Gasteiger charge is 2.36. The fraction of sp³-hybridized carbons (Fsp3) is 0.375. The third-order valence-electron chi connectivity index (χ3n) is 4.51. The number of fused-ring (bicyclic) bond motifs is 1. The number of carbonyl (C=O) groups is 1. The minimum absolute atomic E-state index is 0.236. The molecule has 1 aliphatic rings. The number of aryl methyl sites for hydroxylation is 2. The van der Waals surface area contributed by atoms with Crippen LogP contribution < -0.4 is 4.72 Å². The van der Waals surface area contributed by atoms with Gasteiger partial charge in [0.05, 0.1) is 6.20 Å². The molecule has 1 atom stereocenters. The number of benzene rings is 1. The summed E-state index contributed by atoms with van der Waals surface area (Å²) < 4.78 is 28.4. The van der Waals surface area contributed by atoms with Gasteiger partial charge in [-0.15, -0.1) is 0 Å². The number of carboxylic acids is 1. The van der Waals surface area contributed by atoms with Crippen molar-refractivity contribution in [2.75, 3.05) is 6.54 Å². The second kappa shape index (κ2) is 6.25. The molecule has 25 heavy (non-hydrogen) atoms. The van der Waals surface area contributed by atoms with Gasteiger partial charge in [0.1, 0.15) is 10.5 Å². The molecule has 1 aliphatic carbocycles. The van der Waals surface area contributed by atoms with Crippen LogP contribution in [-0.2, 0) is 29.1 Å². The Labute approximate surface area is 145 Å². The van der Waals surface area contributed by atoms with Crippen molar-refractivity contribution in [3.05, 3.63) is 47.3 Å². The van der Waals surface area contributed by atoms with E-state index in [-0.39, 0.29) is 6.54 Å². The molecule has 0 aliphatic heterocycles. The Morgan fingerprint density at radius 1 is 1.40 bits per heavy atom.